The molecule has 1 aliphatic carbocycles. The largest absolute Gasteiger partial charge is 0.314 e. The van der Waals surface area contributed by atoms with Crippen molar-refractivity contribution in [2.24, 2.45) is 0 Å². The summed E-state index contributed by atoms with van der Waals surface area (Å²) >= 11 is 1.87. The molecule has 2 nitrogen and oxygen atoms in total. The van der Waals surface area contributed by atoms with Crippen molar-refractivity contribution in [3.05, 3.63) is 176 Å². The lowest BCUT2D eigenvalue weighted by Gasteiger charge is -2.30. The number of hydrogen-bond donors (Lipinski definition) is 0. The van der Waals surface area contributed by atoms with Gasteiger partial charge in [0.05, 0.1) is 11.4 Å². The first-order valence-electron chi connectivity index (χ1n) is 16.2. The van der Waals surface area contributed by atoms with Gasteiger partial charge in [0.25, 0.3) is 0 Å². The molecule has 224 valence electrons. The van der Waals surface area contributed by atoms with Crippen LogP contribution in [-0.4, -0.2) is 0 Å². The summed E-state index contributed by atoms with van der Waals surface area (Å²) in [6.07, 6.45) is 8.79. The fraction of sp³-hybridized carbons (Fsp3) is 0.0455. The van der Waals surface area contributed by atoms with Crippen LogP contribution in [-0.2, 0) is 0 Å². The van der Waals surface area contributed by atoms with Gasteiger partial charge >= 0.3 is 0 Å². The van der Waals surface area contributed by atoms with E-state index in [0.29, 0.717) is 0 Å². The molecule has 0 radical (unpaired) electrons. The van der Waals surface area contributed by atoms with Gasteiger partial charge in [0.2, 0.25) is 0 Å². The van der Waals surface area contributed by atoms with E-state index in [-0.39, 0.29) is 0 Å². The highest BCUT2D eigenvalue weighted by Crippen LogP contribution is 2.45. The lowest BCUT2D eigenvalue weighted by atomic mass is 10.0. The van der Waals surface area contributed by atoms with Gasteiger partial charge in [0, 0.05) is 53.7 Å². The molecule has 47 heavy (non-hydrogen) atoms. The first kappa shape index (κ1) is 27.7. The highest BCUT2D eigenvalue weighted by molar-refractivity contribution is 7.25. The number of anilines is 5. The van der Waals surface area contributed by atoms with Crippen molar-refractivity contribution in [3.8, 4) is 0 Å². The zero-order valence-corrected chi connectivity index (χ0v) is 26.7. The molecule has 0 bridgehead atoms. The predicted molar refractivity (Wildman–Crippen MR) is 204 cm³/mol. The lowest BCUT2D eigenvalue weighted by molar-refractivity contribution is 0.920. The molecule has 0 saturated heterocycles. The van der Waals surface area contributed by atoms with Crippen LogP contribution in [0.3, 0.4) is 0 Å². The number of rotatable bonds is 6. The van der Waals surface area contributed by atoms with Gasteiger partial charge in [0.1, 0.15) is 0 Å². The van der Waals surface area contributed by atoms with Crippen molar-refractivity contribution in [2.75, 3.05) is 9.80 Å². The number of nitrogens with zero attached hydrogens (tertiary/aromatic N) is 2. The van der Waals surface area contributed by atoms with Crippen molar-refractivity contribution < 1.29 is 0 Å². The van der Waals surface area contributed by atoms with E-state index in [1.165, 1.54) is 64.5 Å². The van der Waals surface area contributed by atoms with Crippen molar-refractivity contribution in [1.29, 1.82) is 0 Å². The molecule has 8 aromatic rings. The Morgan fingerprint density at radius 1 is 0.447 bits per heavy atom. The lowest BCUT2D eigenvalue weighted by Crippen LogP contribution is -2.17. The highest BCUT2D eigenvalue weighted by Gasteiger charge is 2.20. The van der Waals surface area contributed by atoms with Crippen LogP contribution >= 0.6 is 11.3 Å². The van der Waals surface area contributed by atoms with Crippen LogP contribution in [0.4, 0.5) is 28.4 Å². The van der Waals surface area contributed by atoms with Crippen molar-refractivity contribution in [1.82, 2.24) is 0 Å². The van der Waals surface area contributed by atoms with Gasteiger partial charge < -0.3 is 9.80 Å². The number of thiophene rings is 1. The fourth-order valence-corrected chi connectivity index (χ4v) is 8.15. The van der Waals surface area contributed by atoms with E-state index in [4.69, 9.17) is 0 Å². The summed E-state index contributed by atoms with van der Waals surface area (Å²) in [5, 5.41) is 7.54. The molecule has 0 fully saturated rings. The SMILES string of the molecule is C1=CCCC(N(c2ccc3sc4ccc(N(c5ccccc5)c5cccc6ccccc56)cc4c3c2)c2cccc3ccccc23)=C1. The predicted octanol–water partition coefficient (Wildman–Crippen LogP) is 13.2. The normalized spacial score (nSPS) is 13.0. The third-order valence-electron chi connectivity index (χ3n) is 9.26. The van der Waals surface area contributed by atoms with Gasteiger partial charge in [-0.15, -0.1) is 11.3 Å². The summed E-state index contributed by atoms with van der Waals surface area (Å²) in [5.41, 5.74) is 7.19. The standard InChI is InChI=1S/C44H32N2S/c1-3-17-33(18-4-1)45(41-23-11-15-31-13-7-9-21-37(31)41)35-25-27-43-39(29-35)40-30-36(26-28-44(40)47-43)46(34-19-5-2-6-20-34)42-24-12-16-32-14-8-10-22-38(32)42/h1-5,7-19,21-30H,6,20H2. The summed E-state index contributed by atoms with van der Waals surface area (Å²) in [5.74, 6) is 0. The summed E-state index contributed by atoms with van der Waals surface area (Å²) in [7, 11) is 0. The van der Waals surface area contributed by atoms with Crippen LogP contribution in [0.1, 0.15) is 12.8 Å². The van der Waals surface area contributed by atoms with Gasteiger partial charge in [-0.05, 0) is 90.4 Å². The number of hydrogen-bond acceptors (Lipinski definition) is 3. The van der Waals surface area contributed by atoms with Crippen LogP contribution in [0, 0.1) is 0 Å². The third-order valence-corrected chi connectivity index (χ3v) is 10.4. The average Bonchev–Trinajstić information content (AvgIpc) is 3.50. The second kappa shape index (κ2) is 11.6. The maximum absolute atomic E-state index is 2.48. The smallest absolute Gasteiger partial charge is 0.0540 e. The summed E-state index contributed by atoms with van der Waals surface area (Å²) in [6, 6.07) is 55.3. The van der Waals surface area contributed by atoms with Crippen LogP contribution in [0.2, 0.25) is 0 Å². The molecule has 3 heteroatoms. The zero-order valence-electron chi connectivity index (χ0n) is 25.9. The average molecular weight is 621 g/mol. The second-order valence-corrected chi connectivity index (χ2v) is 13.2. The number of allylic oxidation sites excluding steroid dienone is 4. The Morgan fingerprint density at radius 3 is 1.62 bits per heavy atom. The number of fused-ring (bicyclic) bond motifs is 5. The van der Waals surface area contributed by atoms with Crippen molar-refractivity contribution >= 4 is 81.5 Å². The molecule has 0 amide bonds. The van der Waals surface area contributed by atoms with Gasteiger partial charge in [-0.2, -0.15) is 0 Å². The Morgan fingerprint density at radius 2 is 1.00 bits per heavy atom. The minimum Gasteiger partial charge on any atom is -0.314 e. The van der Waals surface area contributed by atoms with Gasteiger partial charge in [-0.25, -0.2) is 0 Å². The Kier molecular flexibility index (Phi) is 6.84. The molecule has 1 aromatic heterocycles. The topological polar surface area (TPSA) is 6.48 Å². The van der Waals surface area contributed by atoms with E-state index in [2.05, 4.69) is 180 Å². The molecule has 0 atom stereocenters. The van der Waals surface area contributed by atoms with Gasteiger partial charge in [-0.3, -0.25) is 0 Å². The molecule has 1 aliphatic rings. The maximum atomic E-state index is 2.48. The van der Waals surface area contributed by atoms with E-state index >= 15 is 0 Å². The third kappa shape index (κ3) is 4.88. The summed E-state index contributed by atoms with van der Waals surface area (Å²) < 4.78 is 2.59. The Hall–Kier alpha value is -5.64. The monoisotopic (exact) mass is 620 g/mol. The molecule has 0 unspecified atom stereocenters. The first-order valence-corrected chi connectivity index (χ1v) is 17.1. The Labute approximate surface area is 278 Å². The molecular weight excluding hydrogens is 589 g/mol. The zero-order chi connectivity index (χ0) is 31.2. The minimum atomic E-state index is 1.00. The first-order chi connectivity index (χ1) is 23.3. The molecule has 1 heterocycles. The van der Waals surface area contributed by atoms with Crippen molar-refractivity contribution in [3.63, 3.8) is 0 Å². The quantitative estimate of drug-likeness (QED) is 0.182. The molecule has 0 saturated carbocycles. The van der Waals surface area contributed by atoms with E-state index in [1.54, 1.807) is 0 Å². The minimum absolute atomic E-state index is 1.00. The number of para-hydroxylation sites is 1. The highest BCUT2D eigenvalue weighted by atomic mass is 32.1. The number of benzene rings is 7. The van der Waals surface area contributed by atoms with Crippen LogP contribution < -0.4 is 9.80 Å². The molecule has 0 N–H and O–H groups in total. The van der Waals surface area contributed by atoms with Crippen LogP contribution in [0.15, 0.2) is 176 Å². The summed E-state index contributed by atoms with van der Waals surface area (Å²) in [4.78, 5) is 4.88. The maximum Gasteiger partial charge on any atom is 0.0540 e. The molecule has 9 rings (SSSR count). The van der Waals surface area contributed by atoms with Gasteiger partial charge in [-0.1, -0.05) is 103 Å². The van der Waals surface area contributed by atoms with Gasteiger partial charge in [0.15, 0.2) is 0 Å². The van der Waals surface area contributed by atoms with E-state index in [9.17, 15) is 0 Å². The van der Waals surface area contributed by atoms with Crippen LogP contribution in [0.25, 0.3) is 41.7 Å². The van der Waals surface area contributed by atoms with E-state index in [0.717, 1.165) is 24.2 Å². The van der Waals surface area contributed by atoms with E-state index < -0.39 is 0 Å². The van der Waals surface area contributed by atoms with Crippen molar-refractivity contribution in [2.45, 2.75) is 12.8 Å². The molecule has 0 aliphatic heterocycles. The van der Waals surface area contributed by atoms with Crippen LogP contribution in [0.5, 0.6) is 0 Å². The summed E-state index contributed by atoms with van der Waals surface area (Å²) in [6.45, 7) is 0. The fourth-order valence-electron chi connectivity index (χ4n) is 7.08. The molecular formula is C44H32N2S. The van der Waals surface area contributed by atoms with E-state index in [1.807, 2.05) is 11.3 Å². The Balaban J connectivity index is 1.24. The Bertz CT molecular complexity index is 2480. The second-order valence-electron chi connectivity index (χ2n) is 12.1. The molecule has 7 aromatic carbocycles. The molecule has 0 spiro atoms.